The van der Waals surface area contributed by atoms with Gasteiger partial charge in [0.05, 0.1) is 17.2 Å². The standard InChI is InChI=1S/C15H13N3OS/c1-11-18-14(10-20-11)9-17-15(19)13(8-16)7-12-5-3-2-4-6-12/h2-7,10H,9H2,1H3,(H,17,19)/b13-7+. The van der Waals surface area contributed by atoms with Gasteiger partial charge in [-0.1, -0.05) is 30.3 Å². The fourth-order valence-electron chi connectivity index (χ4n) is 1.62. The first-order valence-electron chi connectivity index (χ1n) is 6.05. The van der Waals surface area contributed by atoms with Crippen LogP contribution in [0.15, 0.2) is 41.3 Å². The number of aryl methyl sites for hydroxylation is 1. The third-order valence-corrected chi connectivity index (χ3v) is 3.39. The maximum absolute atomic E-state index is 11.9. The molecule has 1 N–H and O–H groups in total. The number of hydrogen-bond acceptors (Lipinski definition) is 4. The van der Waals surface area contributed by atoms with Crippen molar-refractivity contribution in [2.24, 2.45) is 0 Å². The number of nitrogens with zero attached hydrogens (tertiary/aromatic N) is 2. The third kappa shape index (κ3) is 3.77. The largest absolute Gasteiger partial charge is 0.346 e. The molecule has 0 bridgehead atoms. The summed E-state index contributed by atoms with van der Waals surface area (Å²) < 4.78 is 0. The lowest BCUT2D eigenvalue weighted by Gasteiger charge is -2.02. The minimum absolute atomic E-state index is 0.0863. The van der Waals surface area contributed by atoms with Crippen LogP contribution >= 0.6 is 11.3 Å². The van der Waals surface area contributed by atoms with E-state index in [-0.39, 0.29) is 11.5 Å². The van der Waals surface area contributed by atoms with Gasteiger partial charge in [0.1, 0.15) is 11.6 Å². The second kappa shape index (κ2) is 6.64. The van der Waals surface area contributed by atoms with Gasteiger partial charge in [0.15, 0.2) is 0 Å². The van der Waals surface area contributed by atoms with Crippen molar-refractivity contribution in [2.75, 3.05) is 0 Å². The van der Waals surface area contributed by atoms with Gasteiger partial charge in [-0.15, -0.1) is 11.3 Å². The van der Waals surface area contributed by atoms with E-state index in [4.69, 9.17) is 5.26 Å². The molecule has 2 rings (SSSR count). The molecule has 1 amide bonds. The number of carbonyl (C=O) groups excluding carboxylic acids is 1. The van der Waals surface area contributed by atoms with Crippen molar-refractivity contribution >= 4 is 23.3 Å². The molecule has 1 aromatic heterocycles. The monoisotopic (exact) mass is 283 g/mol. The van der Waals surface area contributed by atoms with Crippen LogP contribution in [0.3, 0.4) is 0 Å². The summed E-state index contributed by atoms with van der Waals surface area (Å²) in [6.07, 6.45) is 1.57. The second-order valence-corrected chi connectivity index (χ2v) is 5.18. The average Bonchev–Trinajstić information content (AvgIpc) is 2.89. The summed E-state index contributed by atoms with van der Waals surface area (Å²) in [6, 6.07) is 11.2. The Balaban J connectivity index is 2.03. The highest BCUT2D eigenvalue weighted by atomic mass is 32.1. The Labute approximate surface area is 121 Å². The normalized spacial score (nSPS) is 10.9. The van der Waals surface area contributed by atoms with E-state index in [1.807, 2.05) is 48.7 Å². The SMILES string of the molecule is Cc1nc(CNC(=O)/C(C#N)=C/c2ccccc2)cs1. The van der Waals surface area contributed by atoms with Crippen LogP contribution in [0, 0.1) is 18.3 Å². The number of nitrogens with one attached hydrogen (secondary N) is 1. The van der Waals surface area contributed by atoms with Gasteiger partial charge in [-0.05, 0) is 18.6 Å². The molecule has 0 aliphatic heterocycles. The minimum Gasteiger partial charge on any atom is -0.346 e. The predicted octanol–water partition coefficient (Wildman–Crippen LogP) is 2.67. The molecule has 0 aliphatic carbocycles. The predicted molar refractivity (Wildman–Crippen MR) is 78.7 cm³/mol. The number of hydrogen-bond donors (Lipinski definition) is 1. The van der Waals surface area contributed by atoms with E-state index in [9.17, 15) is 4.79 Å². The number of amides is 1. The third-order valence-electron chi connectivity index (χ3n) is 2.57. The van der Waals surface area contributed by atoms with Crippen LogP contribution in [0.2, 0.25) is 0 Å². The Bertz CT molecular complexity index is 668. The zero-order chi connectivity index (χ0) is 14.4. The van der Waals surface area contributed by atoms with Crippen molar-refractivity contribution in [1.82, 2.24) is 10.3 Å². The van der Waals surface area contributed by atoms with Crippen LogP contribution in [0.25, 0.3) is 6.08 Å². The Kier molecular flexibility index (Phi) is 4.64. The molecule has 0 spiro atoms. The number of thiazole rings is 1. The molecule has 1 aromatic carbocycles. The number of nitriles is 1. The topological polar surface area (TPSA) is 65.8 Å². The molecule has 0 aliphatic rings. The van der Waals surface area contributed by atoms with Gasteiger partial charge in [-0.25, -0.2) is 4.98 Å². The fourth-order valence-corrected chi connectivity index (χ4v) is 2.23. The van der Waals surface area contributed by atoms with Crippen LogP contribution in [-0.2, 0) is 11.3 Å². The molecular formula is C15H13N3OS. The van der Waals surface area contributed by atoms with Gasteiger partial charge in [0.2, 0.25) is 0 Å². The zero-order valence-electron chi connectivity index (χ0n) is 11.0. The fraction of sp³-hybridized carbons (Fsp3) is 0.133. The van der Waals surface area contributed by atoms with E-state index in [1.165, 1.54) is 11.3 Å². The lowest BCUT2D eigenvalue weighted by atomic mass is 10.1. The van der Waals surface area contributed by atoms with Crippen LogP contribution < -0.4 is 5.32 Å². The summed E-state index contributed by atoms with van der Waals surface area (Å²) in [5, 5.41) is 14.6. The lowest BCUT2D eigenvalue weighted by Crippen LogP contribution is -2.24. The quantitative estimate of drug-likeness (QED) is 0.693. The van der Waals surface area contributed by atoms with Gasteiger partial charge in [0, 0.05) is 5.38 Å². The van der Waals surface area contributed by atoms with Crippen molar-refractivity contribution in [3.05, 3.63) is 57.6 Å². The van der Waals surface area contributed by atoms with E-state index in [1.54, 1.807) is 6.08 Å². The Morgan fingerprint density at radius 2 is 2.20 bits per heavy atom. The molecule has 2 aromatic rings. The molecule has 0 atom stereocenters. The highest BCUT2D eigenvalue weighted by Gasteiger charge is 2.09. The first kappa shape index (κ1) is 14.0. The maximum atomic E-state index is 11.9. The van der Waals surface area contributed by atoms with Crippen LogP contribution in [-0.4, -0.2) is 10.9 Å². The summed E-state index contributed by atoms with van der Waals surface area (Å²) in [6.45, 7) is 2.24. The van der Waals surface area contributed by atoms with Crippen LogP contribution in [0.4, 0.5) is 0 Å². The van der Waals surface area contributed by atoms with Crippen molar-refractivity contribution in [1.29, 1.82) is 5.26 Å². The number of carbonyl (C=O) groups is 1. The van der Waals surface area contributed by atoms with Crippen LogP contribution in [0.5, 0.6) is 0 Å². The lowest BCUT2D eigenvalue weighted by molar-refractivity contribution is -0.117. The summed E-state index contributed by atoms with van der Waals surface area (Å²) in [5.74, 6) is -0.387. The first-order chi connectivity index (χ1) is 9.69. The molecule has 1 heterocycles. The minimum atomic E-state index is -0.387. The van der Waals surface area contributed by atoms with E-state index >= 15 is 0 Å². The summed E-state index contributed by atoms with van der Waals surface area (Å²) >= 11 is 1.53. The smallest absolute Gasteiger partial charge is 0.262 e. The summed E-state index contributed by atoms with van der Waals surface area (Å²) in [4.78, 5) is 16.2. The number of aromatic nitrogens is 1. The van der Waals surface area contributed by atoms with Crippen molar-refractivity contribution < 1.29 is 4.79 Å². The van der Waals surface area contributed by atoms with Crippen molar-refractivity contribution in [3.63, 3.8) is 0 Å². The molecule has 4 nitrogen and oxygen atoms in total. The molecule has 5 heteroatoms. The summed E-state index contributed by atoms with van der Waals surface area (Å²) in [5.41, 5.74) is 1.71. The van der Waals surface area contributed by atoms with E-state index < -0.39 is 0 Å². The zero-order valence-corrected chi connectivity index (χ0v) is 11.8. The molecule has 0 unspecified atom stereocenters. The van der Waals surface area contributed by atoms with Gasteiger partial charge >= 0.3 is 0 Å². The maximum Gasteiger partial charge on any atom is 0.262 e. The molecule has 0 saturated carbocycles. The molecule has 0 saturated heterocycles. The van der Waals surface area contributed by atoms with Crippen LogP contribution in [0.1, 0.15) is 16.3 Å². The van der Waals surface area contributed by atoms with E-state index in [2.05, 4.69) is 10.3 Å². The first-order valence-corrected chi connectivity index (χ1v) is 6.93. The van der Waals surface area contributed by atoms with Crippen molar-refractivity contribution in [3.8, 4) is 6.07 Å². The van der Waals surface area contributed by atoms with Gasteiger partial charge < -0.3 is 5.32 Å². The Hall–Kier alpha value is -2.45. The van der Waals surface area contributed by atoms with E-state index in [0.717, 1.165) is 16.3 Å². The molecule has 20 heavy (non-hydrogen) atoms. The number of rotatable bonds is 4. The Morgan fingerprint density at radius 1 is 1.45 bits per heavy atom. The molecule has 0 radical (unpaired) electrons. The van der Waals surface area contributed by atoms with Gasteiger partial charge in [-0.2, -0.15) is 5.26 Å². The average molecular weight is 283 g/mol. The summed E-state index contributed by atoms with van der Waals surface area (Å²) in [7, 11) is 0. The highest BCUT2D eigenvalue weighted by Crippen LogP contribution is 2.09. The van der Waals surface area contributed by atoms with Crippen molar-refractivity contribution in [2.45, 2.75) is 13.5 Å². The Morgan fingerprint density at radius 3 is 2.80 bits per heavy atom. The van der Waals surface area contributed by atoms with E-state index in [0.29, 0.717) is 6.54 Å². The highest BCUT2D eigenvalue weighted by molar-refractivity contribution is 7.09. The molecular weight excluding hydrogens is 270 g/mol. The van der Waals surface area contributed by atoms with Gasteiger partial charge in [-0.3, -0.25) is 4.79 Å². The molecule has 0 fully saturated rings. The molecule has 100 valence electrons. The van der Waals surface area contributed by atoms with Gasteiger partial charge in [0.25, 0.3) is 5.91 Å². The second-order valence-electron chi connectivity index (χ2n) is 4.12. The number of benzene rings is 1.